The first-order chi connectivity index (χ1) is 14.9. The molecule has 31 heavy (non-hydrogen) atoms. The van der Waals surface area contributed by atoms with Crippen molar-refractivity contribution in [2.45, 2.75) is 39.2 Å². The minimum absolute atomic E-state index is 0.00556. The molecule has 0 bridgehead atoms. The molecule has 162 valence electrons. The van der Waals surface area contributed by atoms with E-state index in [9.17, 15) is 9.59 Å². The average Bonchev–Trinajstić information content (AvgIpc) is 3.24. The number of rotatable bonds is 8. The lowest BCUT2D eigenvalue weighted by Crippen LogP contribution is -2.30. The number of amides is 1. The predicted molar refractivity (Wildman–Crippen MR) is 119 cm³/mol. The van der Waals surface area contributed by atoms with Gasteiger partial charge in [0.2, 0.25) is 5.69 Å². The Hall–Kier alpha value is -3.61. The molecule has 0 saturated carbocycles. The topological polar surface area (TPSA) is 82.5 Å². The molecular weight excluding hydrogens is 394 g/mol. The van der Waals surface area contributed by atoms with Crippen LogP contribution in [-0.4, -0.2) is 34.9 Å². The number of ether oxygens (including phenoxy) is 2. The van der Waals surface area contributed by atoms with E-state index in [1.807, 2.05) is 54.6 Å². The summed E-state index contributed by atoms with van der Waals surface area (Å²) in [5, 5.41) is 7.15. The monoisotopic (exact) mass is 421 g/mol. The molecule has 7 nitrogen and oxygen atoms in total. The average molecular weight is 421 g/mol. The summed E-state index contributed by atoms with van der Waals surface area (Å²) in [6, 6.07) is 17.0. The number of carbonyl (C=O) groups excluding carboxylic acids is 2. The lowest BCUT2D eigenvalue weighted by Gasteiger charge is -2.18. The summed E-state index contributed by atoms with van der Waals surface area (Å²) in [6.07, 6.45) is 1.53. The Morgan fingerprint density at radius 1 is 1.06 bits per heavy atom. The molecule has 3 aromatic rings. The van der Waals surface area contributed by atoms with Gasteiger partial charge in [-0.2, -0.15) is 5.10 Å². The molecule has 0 radical (unpaired) electrons. The largest absolute Gasteiger partial charge is 0.493 e. The fourth-order valence-corrected chi connectivity index (χ4v) is 3.13. The Kier molecular flexibility index (Phi) is 7.07. The number of carbonyl (C=O) groups is 2. The molecule has 0 aliphatic carbocycles. The van der Waals surface area contributed by atoms with Crippen molar-refractivity contribution in [2.24, 2.45) is 0 Å². The number of hydrogen-bond acceptors (Lipinski definition) is 5. The van der Waals surface area contributed by atoms with Crippen LogP contribution >= 0.6 is 0 Å². The zero-order chi connectivity index (χ0) is 22.4. The molecule has 1 amide bonds. The second-order valence-corrected chi connectivity index (χ2v) is 7.26. The Morgan fingerprint density at radius 2 is 1.74 bits per heavy atom. The smallest absolute Gasteiger partial charge is 0.363 e. The summed E-state index contributed by atoms with van der Waals surface area (Å²) >= 11 is 0. The van der Waals surface area contributed by atoms with Crippen molar-refractivity contribution in [1.29, 1.82) is 0 Å². The Morgan fingerprint density at radius 3 is 2.42 bits per heavy atom. The molecule has 0 aliphatic rings. The second kappa shape index (κ2) is 9.93. The molecule has 0 fully saturated rings. The lowest BCUT2D eigenvalue weighted by molar-refractivity contribution is -0.123. The van der Waals surface area contributed by atoms with Gasteiger partial charge in [-0.25, -0.2) is 9.48 Å². The van der Waals surface area contributed by atoms with E-state index in [1.54, 1.807) is 6.20 Å². The van der Waals surface area contributed by atoms with Crippen LogP contribution in [0.5, 0.6) is 5.75 Å². The highest BCUT2D eigenvalue weighted by Crippen LogP contribution is 2.27. The van der Waals surface area contributed by atoms with Crippen LogP contribution in [0, 0.1) is 0 Å². The summed E-state index contributed by atoms with van der Waals surface area (Å²) in [6.45, 7) is 5.72. The van der Waals surface area contributed by atoms with E-state index in [4.69, 9.17) is 9.47 Å². The molecule has 0 saturated heterocycles. The molecule has 0 aliphatic heterocycles. The molecule has 0 unspecified atom stereocenters. The third-order valence-corrected chi connectivity index (χ3v) is 5.13. The minimum Gasteiger partial charge on any atom is -0.493 e. The van der Waals surface area contributed by atoms with Crippen LogP contribution in [-0.2, 0) is 9.53 Å². The van der Waals surface area contributed by atoms with Gasteiger partial charge in [-0.15, -0.1) is 0 Å². The number of esters is 1. The molecule has 0 spiro atoms. The number of anilines is 1. The summed E-state index contributed by atoms with van der Waals surface area (Å²) in [5.74, 6) is -0.584. The minimum atomic E-state index is -1.01. The first kappa shape index (κ1) is 22.1. The van der Waals surface area contributed by atoms with Gasteiger partial charge in [0, 0.05) is 5.69 Å². The van der Waals surface area contributed by atoms with Crippen LogP contribution in [0.2, 0.25) is 0 Å². The fourth-order valence-electron chi connectivity index (χ4n) is 3.13. The number of benzene rings is 2. The van der Waals surface area contributed by atoms with Crippen LogP contribution in [0.15, 0.2) is 60.8 Å². The van der Waals surface area contributed by atoms with Gasteiger partial charge >= 0.3 is 5.97 Å². The maximum absolute atomic E-state index is 12.7. The Labute approximate surface area is 182 Å². The van der Waals surface area contributed by atoms with Crippen molar-refractivity contribution in [1.82, 2.24) is 9.78 Å². The molecule has 3 rings (SSSR count). The number of hydrogen-bond donors (Lipinski definition) is 1. The second-order valence-electron chi connectivity index (χ2n) is 7.26. The zero-order valence-electron chi connectivity index (χ0n) is 18.2. The summed E-state index contributed by atoms with van der Waals surface area (Å²) in [7, 11) is 1.45. The van der Waals surface area contributed by atoms with Crippen LogP contribution in [0.25, 0.3) is 5.69 Å². The van der Waals surface area contributed by atoms with Crippen molar-refractivity contribution in [3.63, 3.8) is 0 Å². The third kappa shape index (κ3) is 5.12. The standard InChI is InChI=1S/C24H27N3O4/c1-5-16(2)19-13-9-10-14-20(19)25-23(28)17(3)31-24(29)22-21(30-4)15-27(26-22)18-11-7-6-8-12-18/h6-17H,5H2,1-4H3,(H,25,28)/t16-,17-/m0/s1. The summed E-state index contributed by atoms with van der Waals surface area (Å²) in [5.41, 5.74) is 2.54. The number of nitrogens with one attached hydrogen (secondary N) is 1. The highest BCUT2D eigenvalue weighted by atomic mass is 16.6. The normalized spacial score (nSPS) is 12.6. The van der Waals surface area contributed by atoms with Gasteiger partial charge in [0.1, 0.15) is 0 Å². The molecule has 1 aromatic heterocycles. The molecule has 2 atom stereocenters. The highest BCUT2D eigenvalue weighted by molar-refractivity contribution is 5.98. The number of methoxy groups -OCH3 is 1. The van der Waals surface area contributed by atoms with Gasteiger partial charge < -0.3 is 14.8 Å². The first-order valence-electron chi connectivity index (χ1n) is 10.2. The van der Waals surface area contributed by atoms with Crippen molar-refractivity contribution in [2.75, 3.05) is 12.4 Å². The Balaban J connectivity index is 1.72. The van der Waals surface area contributed by atoms with E-state index in [0.717, 1.165) is 23.4 Å². The van der Waals surface area contributed by atoms with Crippen molar-refractivity contribution in [3.8, 4) is 11.4 Å². The fraction of sp³-hybridized carbons (Fsp3) is 0.292. The summed E-state index contributed by atoms with van der Waals surface area (Å²) < 4.78 is 12.2. The van der Waals surface area contributed by atoms with Gasteiger partial charge in [-0.3, -0.25) is 4.79 Å². The van der Waals surface area contributed by atoms with E-state index >= 15 is 0 Å². The maximum atomic E-state index is 12.7. The molecule has 1 N–H and O–H groups in total. The zero-order valence-corrected chi connectivity index (χ0v) is 18.2. The number of para-hydroxylation sites is 2. The van der Waals surface area contributed by atoms with E-state index in [2.05, 4.69) is 24.3 Å². The van der Waals surface area contributed by atoms with Gasteiger partial charge in [0.25, 0.3) is 5.91 Å². The van der Waals surface area contributed by atoms with Gasteiger partial charge in [-0.05, 0) is 43.0 Å². The quantitative estimate of drug-likeness (QED) is 0.539. The van der Waals surface area contributed by atoms with E-state index < -0.39 is 18.0 Å². The summed E-state index contributed by atoms with van der Waals surface area (Å²) in [4.78, 5) is 25.4. The van der Waals surface area contributed by atoms with Gasteiger partial charge in [0.05, 0.1) is 19.0 Å². The van der Waals surface area contributed by atoms with Crippen LogP contribution < -0.4 is 10.1 Å². The van der Waals surface area contributed by atoms with E-state index in [1.165, 1.54) is 18.7 Å². The molecule has 7 heteroatoms. The van der Waals surface area contributed by atoms with Crippen molar-refractivity contribution in [3.05, 3.63) is 72.1 Å². The molecule has 1 heterocycles. The lowest BCUT2D eigenvalue weighted by atomic mass is 9.97. The van der Waals surface area contributed by atoms with Crippen LogP contribution in [0.4, 0.5) is 5.69 Å². The van der Waals surface area contributed by atoms with E-state index in [-0.39, 0.29) is 11.4 Å². The molecule has 2 aromatic carbocycles. The highest BCUT2D eigenvalue weighted by Gasteiger charge is 2.25. The predicted octanol–water partition coefficient (Wildman–Crippen LogP) is 4.58. The van der Waals surface area contributed by atoms with Gasteiger partial charge in [-0.1, -0.05) is 50.2 Å². The van der Waals surface area contributed by atoms with Crippen LogP contribution in [0.1, 0.15) is 49.2 Å². The van der Waals surface area contributed by atoms with Crippen LogP contribution in [0.3, 0.4) is 0 Å². The van der Waals surface area contributed by atoms with Crippen molar-refractivity contribution < 1.29 is 19.1 Å². The SMILES string of the molecule is CC[C@H](C)c1ccccc1NC(=O)[C@H](C)OC(=O)c1nn(-c2ccccc2)cc1OC. The first-order valence-corrected chi connectivity index (χ1v) is 10.2. The Bertz CT molecular complexity index is 1050. The van der Waals surface area contributed by atoms with Gasteiger partial charge in [0.15, 0.2) is 11.9 Å². The third-order valence-electron chi connectivity index (χ3n) is 5.13. The number of nitrogens with zero attached hydrogens (tertiary/aromatic N) is 2. The number of aromatic nitrogens is 2. The molecular formula is C24H27N3O4. The van der Waals surface area contributed by atoms with E-state index in [0.29, 0.717) is 5.92 Å². The maximum Gasteiger partial charge on any atom is 0.363 e. The van der Waals surface area contributed by atoms with Crippen molar-refractivity contribution >= 4 is 17.6 Å².